The van der Waals surface area contributed by atoms with Crippen molar-refractivity contribution in [3.63, 3.8) is 0 Å². The molecule has 1 amide bonds. The molecule has 5 heteroatoms. The topological polar surface area (TPSA) is 66.9 Å². The van der Waals surface area contributed by atoms with Gasteiger partial charge in [0.15, 0.2) is 5.82 Å². The standard InChI is InChI=1S/C12H12N4O/c1-13-10-4-2-9(3-5-10)12(17)16-11-8-14-6-7-15-11/h2-8,13H,1H3,(H,15,16,17). The van der Waals surface area contributed by atoms with E-state index in [1.54, 1.807) is 18.3 Å². The molecule has 0 saturated carbocycles. The zero-order valence-electron chi connectivity index (χ0n) is 9.34. The first-order chi connectivity index (χ1) is 8.29. The molecular formula is C12H12N4O. The van der Waals surface area contributed by atoms with E-state index in [1.165, 1.54) is 12.4 Å². The molecule has 2 rings (SSSR count). The lowest BCUT2D eigenvalue weighted by Crippen LogP contribution is -2.12. The van der Waals surface area contributed by atoms with Crippen molar-refractivity contribution >= 4 is 17.4 Å². The minimum absolute atomic E-state index is 0.201. The molecule has 5 nitrogen and oxygen atoms in total. The van der Waals surface area contributed by atoms with Gasteiger partial charge >= 0.3 is 0 Å². The quantitative estimate of drug-likeness (QED) is 0.840. The van der Waals surface area contributed by atoms with E-state index in [1.807, 2.05) is 19.2 Å². The van der Waals surface area contributed by atoms with E-state index in [9.17, 15) is 4.79 Å². The van der Waals surface area contributed by atoms with Gasteiger partial charge in [-0.1, -0.05) is 0 Å². The first kappa shape index (κ1) is 11.1. The summed E-state index contributed by atoms with van der Waals surface area (Å²) in [7, 11) is 1.83. The van der Waals surface area contributed by atoms with Gasteiger partial charge < -0.3 is 10.6 Å². The number of amides is 1. The molecule has 86 valence electrons. The molecule has 0 aliphatic heterocycles. The summed E-state index contributed by atoms with van der Waals surface area (Å²) in [6.45, 7) is 0. The molecule has 0 unspecified atom stereocenters. The SMILES string of the molecule is CNc1ccc(C(=O)Nc2cnccn2)cc1. The van der Waals surface area contributed by atoms with Gasteiger partial charge in [0.1, 0.15) is 0 Å². The van der Waals surface area contributed by atoms with Crippen LogP contribution in [0.3, 0.4) is 0 Å². The minimum Gasteiger partial charge on any atom is -0.388 e. The van der Waals surface area contributed by atoms with E-state index in [0.29, 0.717) is 11.4 Å². The zero-order chi connectivity index (χ0) is 12.1. The Bertz CT molecular complexity index is 496. The third-order valence-electron chi connectivity index (χ3n) is 2.24. The fourth-order valence-electron chi connectivity index (χ4n) is 1.34. The number of hydrogen-bond acceptors (Lipinski definition) is 4. The third-order valence-corrected chi connectivity index (χ3v) is 2.24. The van der Waals surface area contributed by atoms with Gasteiger partial charge in [0, 0.05) is 30.7 Å². The van der Waals surface area contributed by atoms with Crippen molar-refractivity contribution in [3.8, 4) is 0 Å². The molecule has 0 spiro atoms. The van der Waals surface area contributed by atoms with Gasteiger partial charge in [0.25, 0.3) is 5.91 Å². The molecule has 0 fully saturated rings. The van der Waals surface area contributed by atoms with Crippen molar-refractivity contribution in [1.82, 2.24) is 9.97 Å². The number of benzene rings is 1. The van der Waals surface area contributed by atoms with Gasteiger partial charge in [-0.25, -0.2) is 4.98 Å². The summed E-state index contributed by atoms with van der Waals surface area (Å²) in [5.74, 6) is 0.239. The molecular weight excluding hydrogens is 216 g/mol. The number of aromatic nitrogens is 2. The van der Waals surface area contributed by atoms with Gasteiger partial charge in [0.05, 0.1) is 6.20 Å². The summed E-state index contributed by atoms with van der Waals surface area (Å²) in [5.41, 5.74) is 1.54. The number of hydrogen-bond donors (Lipinski definition) is 2. The van der Waals surface area contributed by atoms with Crippen LogP contribution in [0.2, 0.25) is 0 Å². The maximum atomic E-state index is 11.8. The maximum Gasteiger partial charge on any atom is 0.256 e. The van der Waals surface area contributed by atoms with Gasteiger partial charge in [-0.15, -0.1) is 0 Å². The van der Waals surface area contributed by atoms with Crippen molar-refractivity contribution in [1.29, 1.82) is 0 Å². The van der Waals surface area contributed by atoms with Crippen LogP contribution in [0, 0.1) is 0 Å². The normalized spacial score (nSPS) is 9.71. The van der Waals surface area contributed by atoms with E-state index in [-0.39, 0.29) is 5.91 Å². The number of nitrogens with one attached hydrogen (secondary N) is 2. The van der Waals surface area contributed by atoms with Crippen LogP contribution in [0.15, 0.2) is 42.9 Å². The van der Waals surface area contributed by atoms with Crippen LogP contribution in [-0.2, 0) is 0 Å². The van der Waals surface area contributed by atoms with E-state index >= 15 is 0 Å². The second-order valence-corrected chi connectivity index (χ2v) is 3.37. The third kappa shape index (κ3) is 2.78. The predicted octanol–water partition coefficient (Wildman–Crippen LogP) is 1.77. The highest BCUT2D eigenvalue weighted by Crippen LogP contribution is 2.10. The lowest BCUT2D eigenvalue weighted by molar-refractivity contribution is 0.102. The second kappa shape index (κ2) is 5.07. The van der Waals surface area contributed by atoms with Crippen LogP contribution < -0.4 is 10.6 Å². The smallest absolute Gasteiger partial charge is 0.256 e. The second-order valence-electron chi connectivity index (χ2n) is 3.37. The molecule has 0 bridgehead atoms. The molecule has 2 N–H and O–H groups in total. The van der Waals surface area contributed by atoms with Crippen molar-refractivity contribution in [2.75, 3.05) is 17.7 Å². The summed E-state index contributed by atoms with van der Waals surface area (Å²) >= 11 is 0. The average molecular weight is 228 g/mol. The molecule has 2 aromatic rings. The molecule has 0 atom stereocenters. The highest BCUT2D eigenvalue weighted by molar-refractivity contribution is 6.03. The Morgan fingerprint density at radius 3 is 2.53 bits per heavy atom. The first-order valence-electron chi connectivity index (χ1n) is 5.15. The van der Waals surface area contributed by atoms with Crippen LogP contribution >= 0.6 is 0 Å². The van der Waals surface area contributed by atoms with Gasteiger partial charge in [-0.2, -0.15) is 0 Å². The Morgan fingerprint density at radius 2 is 1.94 bits per heavy atom. The molecule has 1 aromatic heterocycles. The number of nitrogens with zero attached hydrogens (tertiary/aromatic N) is 2. The van der Waals surface area contributed by atoms with Crippen molar-refractivity contribution in [2.45, 2.75) is 0 Å². The summed E-state index contributed by atoms with van der Waals surface area (Å²) < 4.78 is 0. The largest absolute Gasteiger partial charge is 0.388 e. The number of carbonyl (C=O) groups excluding carboxylic acids is 1. The van der Waals surface area contributed by atoms with Crippen molar-refractivity contribution in [2.24, 2.45) is 0 Å². The zero-order valence-corrected chi connectivity index (χ0v) is 9.34. The van der Waals surface area contributed by atoms with Gasteiger partial charge in [0.2, 0.25) is 0 Å². The van der Waals surface area contributed by atoms with Crippen LogP contribution in [0.1, 0.15) is 10.4 Å². The van der Waals surface area contributed by atoms with Crippen LogP contribution in [0.25, 0.3) is 0 Å². The average Bonchev–Trinajstić information content (AvgIpc) is 2.40. The molecule has 0 saturated heterocycles. The monoisotopic (exact) mass is 228 g/mol. The minimum atomic E-state index is -0.201. The van der Waals surface area contributed by atoms with E-state index in [0.717, 1.165) is 5.69 Å². The summed E-state index contributed by atoms with van der Waals surface area (Å²) in [6.07, 6.45) is 4.58. The predicted molar refractivity (Wildman–Crippen MR) is 66.0 cm³/mol. The summed E-state index contributed by atoms with van der Waals surface area (Å²) in [6, 6.07) is 7.17. The highest BCUT2D eigenvalue weighted by Gasteiger charge is 2.06. The Labute approximate surface area is 98.9 Å². The number of anilines is 2. The molecule has 0 radical (unpaired) electrons. The lowest BCUT2D eigenvalue weighted by atomic mass is 10.2. The Hall–Kier alpha value is -2.43. The van der Waals surface area contributed by atoms with Gasteiger partial charge in [-0.3, -0.25) is 9.78 Å². The molecule has 0 aliphatic carbocycles. The van der Waals surface area contributed by atoms with Crippen LogP contribution in [0.5, 0.6) is 0 Å². The first-order valence-corrected chi connectivity index (χ1v) is 5.15. The van der Waals surface area contributed by atoms with Crippen molar-refractivity contribution in [3.05, 3.63) is 48.4 Å². The summed E-state index contributed by atoms with van der Waals surface area (Å²) in [4.78, 5) is 19.7. The fraction of sp³-hybridized carbons (Fsp3) is 0.0833. The van der Waals surface area contributed by atoms with E-state index in [2.05, 4.69) is 20.6 Å². The van der Waals surface area contributed by atoms with Crippen LogP contribution in [-0.4, -0.2) is 22.9 Å². The lowest BCUT2D eigenvalue weighted by Gasteiger charge is -2.04. The number of rotatable bonds is 3. The Morgan fingerprint density at radius 1 is 1.18 bits per heavy atom. The number of carbonyl (C=O) groups is 1. The molecule has 1 heterocycles. The van der Waals surface area contributed by atoms with Crippen molar-refractivity contribution < 1.29 is 4.79 Å². The van der Waals surface area contributed by atoms with E-state index in [4.69, 9.17) is 0 Å². The van der Waals surface area contributed by atoms with E-state index < -0.39 is 0 Å². The van der Waals surface area contributed by atoms with Crippen LogP contribution in [0.4, 0.5) is 11.5 Å². The summed E-state index contributed by atoms with van der Waals surface area (Å²) in [5, 5.41) is 5.65. The molecule has 1 aromatic carbocycles. The Kier molecular flexibility index (Phi) is 3.30. The molecule has 17 heavy (non-hydrogen) atoms. The fourth-order valence-corrected chi connectivity index (χ4v) is 1.34. The highest BCUT2D eigenvalue weighted by atomic mass is 16.1. The molecule has 0 aliphatic rings. The maximum absolute atomic E-state index is 11.8. The van der Waals surface area contributed by atoms with Gasteiger partial charge in [-0.05, 0) is 24.3 Å². The Balaban J connectivity index is 2.09.